The minimum absolute atomic E-state index is 0.253. The second kappa shape index (κ2) is 9.78. The Kier molecular flexibility index (Phi) is 9.21. The highest BCUT2D eigenvalue weighted by Gasteiger charge is 2.35. The number of amides is 1. The van der Waals surface area contributed by atoms with E-state index < -0.39 is 17.6 Å². The van der Waals surface area contributed by atoms with Gasteiger partial charge in [0.2, 0.25) is 5.72 Å². The number of hydrogen-bond donors (Lipinski definition) is 2. The maximum atomic E-state index is 11.4. The summed E-state index contributed by atoms with van der Waals surface area (Å²) in [5, 5.41) is 0. The van der Waals surface area contributed by atoms with Crippen LogP contribution in [0.25, 0.3) is 0 Å². The molecular weight excluding hydrogens is 244 g/mol. The minimum atomic E-state index is -1.64. The Bertz CT molecular complexity index is 282. The van der Waals surface area contributed by atoms with E-state index in [1.807, 2.05) is 6.92 Å². The molecule has 5 heteroatoms. The van der Waals surface area contributed by atoms with Crippen molar-refractivity contribution in [2.75, 3.05) is 0 Å². The van der Waals surface area contributed by atoms with Gasteiger partial charge in [-0.1, -0.05) is 46.0 Å². The first-order valence-electron chi connectivity index (χ1n) is 7.27. The summed E-state index contributed by atoms with van der Waals surface area (Å²) in [5.41, 5.74) is 9.39. The summed E-state index contributed by atoms with van der Waals surface area (Å²) in [6.45, 7) is 4.02. The van der Waals surface area contributed by atoms with Crippen molar-refractivity contribution in [3.05, 3.63) is 0 Å². The fourth-order valence-electron chi connectivity index (χ4n) is 1.85. The molecule has 0 aliphatic rings. The molecule has 4 N–H and O–H groups in total. The molecule has 0 rings (SSSR count). The van der Waals surface area contributed by atoms with Crippen LogP contribution in [0.15, 0.2) is 0 Å². The van der Waals surface area contributed by atoms with Crippen molar-refractivity contribution in [1.29, 1.82) is 0 Å². The molecule has 0 saturated heterocycles. The van der Waals surface area contributed by atoms with Gasteiger partial charge < -0.3 is 10.5 Å². The van der Waals surface area contributed by atoms with E-state index in [1.54, 1.807) is 0 Å². The largest absolute Gasteiger partial charge is 0.434 e. The zero-order chi connectivity index (χ0) is 14.7. The highest BCUT2D eigenvalue weighted by molar-refractivity contribution is 5.85. The number of carbonyl (C=O) groups excluding carboxylic acids is 2. The number of hydrogen-bond acceptors (Lipinski definition) is 4. The van der Waals surface area contributed by atoms with Crippen LogP contribution >= 0.6 is 0 Å². The molecule has 1 amide bonds. The molecule has 0 aromatic heterocycles. The summed E-state index contributed by atoms with van der Waals surface area (Å²) in [6.07, 6.45) is 7.61. The Morgan fingerprint density at radius 1 is 1.00 bits per heavy atom. The number of carbonyl (C=O) groups is 2. The molecule has 1 unspecified atom stereocenters. The molecule has 5 nitrogen and oxygen atoms in total. The Balaban J connectivity index is 4.09. The number of nitrogens with two attached hydrogens (primary N) is 2. The summed E-state index contributed by atoms with van der Waals surface area (Å²) in [6, 6.07) is 0. The van der Waals surface area contributed by atoms with Crippen molar-refractivity contribution in [2.45, 2.75) is 77.4 Å². The molecule has 112 valence electrons. The Hall–Kier alpha value is -1.10. The van der Waals surface area contributed by atoms with Gasteiger partial charge in [0.05, 0.1) is 0 Å². The number of primary amides is 1. The molecule has 0 aromatic carbocycles. The van der Waals surface area contributed by atoms with Crippen LogP contribution in [0, 0.1) is 0 Å². The molecular formula is C14H28N2O3. The predicted molar refractivity (Wildman–Crippen MR) is 75.1 cm³/mol. The first-order chi connectivity index (χ1) is 8.96. The number of ether oxygens (including phenoxy) is 1. The third-order valence-corrected chi connectivity index (χ3v) is 3.07. The number of rotatable bonds is 11. The minimum Gasteiger partial charge on any atom is -0.434 e. The van der Waals surface area contributed by atoms with Gasteiger partial charge >= 0.3 is 5.97 Å². The van der Waals surface area contributed by atoms with Crippen LogP contribution in [-0.2, 0) is 14.3 Å². The monoisotopic (exact) mass is 272 g/mol. The van der Waals surface area contributed by atoms with E-state index >= 15 is 0 Å². The first kappa shape index (κ1) is 17.9. The average Bonchev–Trinajstić information content (AvgIpc) is 2.33. The van der Waals surface area contributed by atoms with Crippen molar-refractivity contribution < 1.29 is 14.3 Å². The maximum absolute atomic E-state index is 11.4. The first-order valence-corrected chi connectivity index (χ1v) is 7.27. The Morgan fingerprint density at radius 3 is 2.11 bits per heavy atom. The second-order valence-corrected chi connectivity index (χ2v) is 5.00. The highest BCUT2D eigenvalue weighted by Crippen LogP contribution is 2.16. The Morgan fingerprint density at radius 2 is 1.58 bits per heavy atom. The van der Waals surface area contributed by atoms with E-state index in [0.717, 1.165) is 19.3 Å². The van der Waals surface area contributed by atoms with Crippen LogP contribution in [0.5, 0.6) is 0 Å². The van der Waals surface area contributed by atoms with E-state index in [2.05, 4.69) is 6.92 Å². The summed E-state index contributed by atoms with van der Waals surface area (Å²) < 4.78 is 5.03. The smallest absolute Gasteiger partial charge is 0.307 e. The van der Waals surface area contributed by atoms with Crippen LogP contribution in [0.1, 0.15) is 71.6 Å². The Labute approximate surface area is 116 Å². The topological polar surface area (TPSA) is 95.4 Å². The lowest BCUT2D eigenvalue weighted by Gasteiger charge is -2.25. The average molecular weight is 272 g/mol. The van der Waals surface area contributed by atoms with Crippen molar-refractivity contribution in [2.24, 2.45) is 11.5 Å². The van der Waals surface area contributed by atoms with Gasteiger partial charge in [0.25, 0.3) is 5.91 Å². The van der Waals surface area contributed by atoms with E-state index in [-0.39, 0.29) is 6.42 Å². The van der Waals surface area contributed by atoms with Crippen molar-refractivity contribution in [1.82, 2.24) is 0 Å². The molecule has 0 aromatic rings. The maximum Gasteiger partial charge on any atom is 0.307 e. The van der Waals surface area contributed by atoms with Gasteiger partial charge in [-0.3, -0.25) is 15.3 Å². The summed E-state index contributed by atoms with van der Waals surface area (Å²) in [5.74, 6) is -1.24. The van der Waals surface area contributed by atoms with Gasteiger partial charge in [-0.05, 0) is 12.8 Å². The van der Waals surface area contributed by atoms with Crippen molar-refractivity contribution >= 4 is 11.9 Å². The van der Waals surface area contributed by atoms with Gasteiger partial charge in [-0.15, -0.1) is 0 Å². The molecule has 0 aliphatic heterocycles. The molecule has 0 saturated carbocycles. The van der Waals surface area contributed by atoms with Gasteiger partial charge in [0.1, 0.15) is 0 Å². The van der Waals surface area contributed by atoms with Crippen molar-refractivity contribution in [3.8, 4) is 0 Å². The molecule has 19 heavy (non-hydrogen) atoms. The second-order valence-electron chi connectivity index (χ2n) is 5.00. The van der Waals surface area contributed by atoms with Crippen LogP contribution in [-0.4, -0.2) is 17.6 Å². The number of unbranched alkanes of at least 4 members (excludes halogenated alkanes) is 5. The lowest BCUT2D eigenvalue weighted by Crippen LogP contribution is -2.55. The summed E-state index contributed by atoms with van der Waals surface area (Å²) in [7, 11) is 0. The van der Waals surface area contributed by atoms with Gasteiger partial charge in [-0.2, -0.15) is 0 Å². The molecule has 0 bridgehead atoms. The third-order valence-electron chi connectivity index (χ3n) is 3.07. The van der Waals surface area contributed by atoms with Crippen LogP contribution in [0.4, 0.5) is 0 Å². The zero-order valence-corrected chi connectivity index (χ0v) is 12.2. The third kappa shape index (κ3) is 7.82. The van der Waals surface area contributed by atoms with E-state index in [4.69, 9.17) is 16.2 Å². The van der Waals surface area contributed by atoms with Gasteiger partial charge in [0, 0.05) is 12.8 Å². The lowest BCUT2D eigenvalue weighted by atomic mass is 10.0. The zero-order valence-electron chi connectivity index (χ0n) is 12.2. The standard InChI is InChI=1S/C14H28N2O3/c1-3-5-6-7-8-9-11-14(16,13(15)18)19-12(17)10-4-2/h3-11,16H2,1-2H3,(H2,15,18). The molecule has 0 heterocycles. The van der Waals surface area contributed by atoms with Gasteiger partial charge in [-0.25, -0.2) is 0 Å². The van der Waals surface area contributed by atoms with Crippen LogP contribution in [0.3, 0.4) is 0 Å². The van der Waals surface area contributed by atoms with E-state index in [1.165, 1.54) is 19.3 Å². The summed E-state index contributed by atoms with van der Waals surface area (Å²) >= 11 is 0. The van der Waals surface area contributed by atoms with E-state index in [9.17, 15) is 9.59 Å². The number of esters is 1. The normalized spacial score (nSPS) is 13.8. The van der Waals surface area contributed by atoms with E-state index in [0.29, 0.717) is 12.8 Å². The quantitative estimate of drug-likeness (QED) is 0.342. The lowest BCUT2D eigenvalue weighted by molar-refractivity contribution is -0.168. The fourth-order valence-corrected chi connectivity index (χ4v) is 1.85. The SMILES string of the molecule is CCCCCCCCC(N)(OC(=O)CCC)C(N)=O. The predicted octanol–water partition coefficient (Wildman–Crippen LogP) is 2.22. The highest BCUT2D eigenvalue weighted by atomic mass is 16.6. The van der Waals surface area contributed by atoms with Crippen molar-refractivity contribution in [3.63, 3.8) is 0 Å². The summed E-state index contributed by atoms with van der Waals surface area (Å²) in [4.78, 5) is 22.8. The molecule has 0 radical (unpaired) electrons. The molecule has 1 atom stereocenters. The van der Waals surface area contributed by atoms with Crippen LogP contribution < -0.4 is 11.5 Å². The molecule has 0 spiro atoms. The molecule has 0 aliphatic carbocycles. The fraction of sp³-hybridized carbons (Fsp3) is 0.857. The van der Waals surface area contributed by atoms with Gasteiger partial charge in [0.15, 0.2) is 0 Å². The molecule has 0 fully saturated rings. The van der Waals surface area contributed by atoms with Crippen LogP contribution in [0.2, 0.25) is 0 Å².